The molecule has 0 aliphatic carbocycles. The number of hydrogen-bond acceptors (Lipinski definition) is 3. The van der Waals surface area contributed by atoms with Gasteiger partial charge in [-0.15, -0.1) is 0 Å². The Morgan fingerprint density at radius 2 is 2.23 bits per heavy atom. The van der Waals surface area contributed by atoms with Crippen LogP contribution in [0.25, 0.3) is 0 Å². The van der Waals surface area contributed by atoms with Crippen molar-refractivity contribution in [2.24, 2.45) is 0 Å². The SMILES string of the molecule is CC(C)(C)c1cc2n(n1)CCSS2. The topological polar surface area (TPSA) is 17.8 Å². The van der Waals surface area contributed by atoms with E-state index in [9.17, 15) is 0 Å². The van der Waals surface area contributed by atoms with Gasteiger partial charge in [-0.1, -0.05) is 31.6 Å². The molecule has 0 fully saturated rings. The fourth-order valence-corrected chi connectivity index (χ4v) is 3.29. The van der Waals surface area contributed by atoms with Gasteiger partial charge in [0.2, 0.25) is 0 Å². The van der Waals surface area contributed by atoms with Crippen molar-refractivity contribution in [3.8, 4) is 0 Å². The van der Waals surface area contributed by atoms with E-state index in [2.05, 4.69) is 36.6 Å². The van der Waals surface area contributed by atoms with Gasteiger partial charge in [0.05, 0.1) is 12.2 Å². The molecular formula is C9H14N2S2. The standard InChI is InChI=1S/C9H14N2S2/c1-9(2,3)7-6-8-11(10-7)4-5-12-13-8/h6H,4-5H2,1-3H3. The molecule has 0 unspecified atom stereocenters. The first kappa shape index (κ1) is 9.46. The zero-order chi connectivity index (χ0) is 9.47. The lowest BCUT2D eigenvalue weighted by molar-refractivity contribution is 0.533. The van der Waals surface area contributed by atoms with Crippen molar-refractivity contribution in [2.45, 2.75) is 37.8 Å². The van der Waals surface area contributed by atoms with E-state index in [4.69, 9.17) is 0 Å². The Bertz CT molecular complexity index is 288. The molecule has 0 aromatic carbocycles. The van der Waals surface area contributed by atoms with Crippen molar-refractivity contribution in [3.63, 3.8) is 0 Å². The summed E-state index contributed by atoms with van der Waals surface area (Å²) < 4.78 is 2.13. The van der Waals surface area contributed by atoms with Crippen LogP contribution in [0.2, 0.25) is 0 Å². The van der Waals surface area contributed by atoms with Crippen LogP contribution in [0.4, 0.5) is 0 Å². The van der Waals surface area contributed by atoms with E-state index < -0.39 is 0 Å². The van der Waals surface area contributed by atoms with Gasteiger partial charge in [0, 0.05) is 11.2 Å². The van der Waals surface area contributed by atoms with Gasteiger partial charge < -0.3 is 0 Å². The summed E-state index contributed by atoms with van der Waals surface area (Å²) in [5.74, 6) is 1.17. The van der Waals surface area contributed by atoms with Gasteiger partial charge in [-0.05, 0) is 16.9 Å². The Labute approximate surface area is 86.9 Å². The molecule has 1 aromatic heterocycles. The molecule has 4 heteroatoms. The van der Waals surface area contributed by atoms with Crippen molar-refractivity contribution in [1.29, 1.82) is 0 Å². The molecule has 1 aromatic rings. The van der Waals surface area contributed by atoms with Crippen LogP contribution in [0, 0.1) is 0 Å². The van der Waals surface area contributed by atoms with Crippen LogP contribution in [-0.2, 0) is 12.0 Å². The molecule has 0 atom stereocenters. The molecule has 2 rings (SSSR count). The quantitative estimate of drug-likeness (QED) is 0.618. The van der Waals surface area contributed by atoms with E-state index in [0.29, 0.717) is 0 Å². The summed E-state index contributed by atoms with van der Waals surface area (Å²) in [4.78, 5) is 0. The van der Waals surface area contributed by atoms with E-state index in [1.807, 2.05) is 21.6 Å². The van der Waals surface area contributed by atoms with Gasteiger partial charge in [-0.25, -0.2) is 0 Å². The maximum Gasteiger partial charge on any atom is 0.105 e. The molecule has 0 radical (unpaired) electrons. The summed E-state index contributed by atoms with van der Waals surface area (Å²) in [5.41, 5.74) is 1.38. The zero-order valence-corrected chi connectivity index (χ0v) is 9.84. The molecule has 0 saturated heterocycles. The molecular weight excluding hydrogens is 200 g/mol. The normalized spacial score (nSPS) is 17.2. The van der Waals surface area contributed by atoms with Gasteiger partial charge in [0.15, 0.2) is 0 Å². The van der Waals surface area contributed by atoms with Gasteiger partial charge >= 0.3 is 0 Å². The maximum absolute atomic E-state index is 4.60. The first-order valence-corrected chi connectivity index (χ1v) is 6.77. The Morgan fingerprint density at radius 3 is 2.85 bits per heavy atom. The zero-order valence-electron chi connectivity index (χ0n) is 8.20. The third kappa shape index (κ3) is 1.89. The van der Waals surface area contributed by atoms with Gasteiger partial charge in [-0.2, -0.15) is 5.10 Å². The molecule has 13 heavy (non-hydrogen) atoms. The highest BCUT2D eigenvalue weighted by Gasteiger charge is 2.21. The molecule has 0 amide bonds. The minimum atomic E-state index is 0.176. The molecule has 0 N–H and O–H groups in total. The number of aromatic nitrogens is 2. The predicted molar refractivity (Wildman–Crippen MR) is 59.2 cm³/mol. The molecule has 0 bridgehead atoms. The fraction of sp³-hybridized carbons (Fsp3) is 0.667. The van der Waals surface area contributed by atoms with Crippen LogP contribution in [0.15, 0.2) is 11.1 Å². The summed E-state index contributed by atoms with van der Waals surface area (Å²) in [6, 6.07) is 2.22. The van der Waals surface area contributed by atoms with Crippen LogP contribution in [0.3, 0.4) is 0 Å². The summed E-state index contributed by atoms with van der Waals surface area (Å²) in [5, 5.41) is 5.91. The number of fused-ring (bicyclic) bond motifs is 1. The predicted octanol–water partition coefficient (Wildman–Crippen LogP) is 2.93. The highest BCUT2D eigenvalue weighted by Crippen LogP contribution is 2.37. The van der Waals surface area contributed by atoms with E-state index >= 15 is 0 Å². The van der Waals surface area contributed by atoms with Gasteiger partial charge in [0.1, 0.15) is 5.03 Å². The van der Waals surface area contributed by atoms with E-state index in [-0.39, 0.29) is 5.41 Å². The average Bonchev–Trinajstić information content (AvgIpc) is 2.45. The summed E-state index contributed by atoms with van der Waals surface area (Å²) in [6.07, 6.45) is 0. The maximum atomic E-state index is 4.60. The molecule has 0 spiro atoms. The molecule has 2 nitrogen and oxygen atoms in total. The summed E-state index contributed by atoms with van der Waals surface area (Å²) in [6.45, 7) is 7.68. The second-order valence-corrected chi connectivity index (χ2v) is 6.68. The first-order valence-electron chi connectivity index (χ1n) is 4.45. The smallest absolute Gasteiger partial charge is 0.105 e. The first-order chi connectivity index (χ1) is 6.07. The Kier molecular flexibility index (Phi) is 2.36. The van der Waals surface area contributed by atoms with Gasteiger partial charge in [0.25, 0.3) is 0 Å². The van der Waals surface area contributed by atoms with Crippen molar-refractivity contribution in [3.05, 3.63) is 11.8 Å². The van der Waals surface area contributed by atoms with Crippen LogP contribution in [0.1, 0.15) is 26.5 Å². The largest absolute Gasteiger partial charge is 0.257 e. The van der Waals surface area contributed by atoms with E-state index in [1.165, 1.54) is 16.5 Å². The third-order valence-corrected chi connectivity index (χ3v) is 4.37. The lowest BCUT2D eigenvalue weighted by Gasteiger charge is -2.14. The van der Waals surface area contributed by atoms with Crippen molar-refractivity contribution in [2.75, 3.05) is 5.75 Å². The van der Waals surface area contributed by atoms with Crippen molar-refractivity contribution < 1.29 is 0 Å². The monoisotopic (exact) mass is 214 g/mol. The van der Waals surface area contributed by atoms with E-state index in [0.717, 1.165) is 6.54 Å². The van der Waals surface area contributed by atoms with Crippen molar-refractivity contribution in [1.82, 2.24) is 9.78 Å². The van der Waals surface area contributed by atoms with Crippen LogP contribution in [0.5, 0.6) is 0 Å². The minimum absolute atomic E-state index is 0.176. The van der Waals surface area contributed by atoms with Gasteiger partial charge in [-0.3, -0.25) is 4.68 Å². The summed E-state index contributed by atoms with van der Waals surface area (Å²) in [7, 11) is 3.76. The number of nitrogens with zero attached hydrogens (tertiary/aromatic N) is 2. The molecule has 1 aliphatic heterocycles. The molecule has 0 saturated carbocycles. The Balaban J connectivity index is 2.36. The molecule has 72 valence electrons. The number of aryl methyl sites for hydroxylation is 1. The fourth-order valence-electron chi connectivity index (χ4n) is 1.22. The highest BCUT2D eigenvalue weighted by atomic mass is 33.1. The van der Waals surface area contributed by atoms with E-state index in [1.54, 1.807) is 0 Å². The Hall–Kier alpha value is -0.0900. The van der Waals surface area contributed by atoms with Crippen LogP contribution >= 0.6 is 21.6 Å². The number of hydrogen-bond donors (Lipinski definition) is 0. The lowest BCUT2D eigenvalue weighted by Crippen LogP contribution is -2.13. The highest BCUT2D eigenvalue weighted by molar-refractivity contribution is 8.76. The lowest BCUT2D eigenvalue weighted by atomic mass is 9.93. The average molecular weight is 214 g/mol. The third-order valence-electron chi connectivity index (χ3n) is 2.04. The Morgan fingerprint density at radius 1 is 1.46 bits per heavy atom. The number of rotatable bonds is 0. The van der Waals surface area contributed by atoms with Crippen LogP contribution < -0.4 is 0 Å². The molecule has 1 aliphatic rings. The van der Waals surface area contributed by atoms with Crippen LogP contribution in [-0.4, -0.2) is 15.5 Å². The second-order valence-electron chi connectivity index (χ2n) is 4.25. The molecule has 2 heterocycles. The summed E-state index contributed by atoms with van der Waals surface area (Å²) >= 11 is 0. The second kappa shape index (κ2) is 3.24. The van der Waals surface area contributed by atoms with Crippen molar-refractivity contribution >= 4 is 21.6 Å². The minimum Gasteiger partial charge on any atom is -0.257 e.